The molecule has 3 rings (SSSR count). The third kappa shape index (κ3) is 2.95. The molecule has 0 aliphatic carbocycles. The van der Waals surface area contributed by atoms with Gasteiger partial charge >= 0.3 is 0 Å². The molecule has 0 amide bonds. The van der Waals surface area contributed by atoms with Crippen molar-refractivity contribution in [1.82, 2.24) is 14.7 Å². The number of likely N-dealkylation sites (tertiary alicyclic amines) is 1. The van der Waals surface area contributed by atoms with E-state index in [4.69, 9.17) is 4.74 Å². The monoisotopic (exact) mass is 285 g/mol. The lowest BCUT2D eigenvalue weighted by Crippen LogP contribution is -2.53. The summed E-state index contributed by atoms with van der Waals surface area (Å²) in [5, 5.41) is 4.48. The Morgan fingerprint density at radius 2 is 2.00 bits per heavy atom. The van der Waals surface area contributed by atoms with Crippen molar-refractivity contribution in [3.63, 3.8) is 0 Å². The van der Waals surface area contributed by atoms with Gasteiger partial charge in [0.2, 0.25) is 0 Å². The van der Waals surface area contributed by atoms with Gasteiger partial charge in [0.05, 0.1) is 5.69 Å². The zero-order valence-electron chi connectivity index (χ0n) is 13.3. The van der Waals surface area contributed by atoms with E-state index in [2.05, 4.69) is 42.9 Å². The minimum absolute atomic E-state index is 0.309. The standard InChI is InChI=1S/C17H23N3O/c1-12-6-5-7-15(8-12)21-16-9-20(10-16)11-17-13(2)18-19(4)14(17)3/h5-8,16H,9-11H2,1-4H3. The highest BCUT2D eigenvalue weighted by atomic mass is 16.5. The van der Waals surface area contributed by atoms with Crippen LogP contribution in [-0.2, 0) is 13.6 Å². The van der Waals surface area contributed by atoms with Crippen LogP contribution in [0.15, 0.2) is 24.3 Å². The van der Waals surface area contributed by atoms with E-state index in [1.54, 1.807) is 0 Å². The molecule has 2 heterocycles. The number of benzene rings is 1. The minimum Gasteiger partial charge on any atom is -0.488 e. The first kappa shape index (κ1) is 14.1. The molecule has 0 bridgehead atoms. The Kier molecular flexibility index (Phi) is 3.72. The lowest BCUT2D eigenvalue weighted by Gasteiger charge is -2.39. The average molecular weight is 285 g/mol. The summed E-state index contributed by atoms with van der Waals surface area (Å²) in [4.78, 5) is 2.41. The zero-order valence-corrected chi connectivity index (χ0v) is 13.3. The van der Waals surface area contributed by atoms with E-state index in [1.165, 1.54) is 16.8 Å². The van der Waals surface area contributed by atoms with Crippen molar-refractivity contribution in [2.45, 2.75) is 33.4 Å². The molecule has 1 aromatic heterocycles. The molecular weight excluding hydrogens is 262 g/mol. The van der Waals surface area contributed by atoms with Crippen molar-refractivity contribution in [3.8, 4) is 5.75 Å². The van der Waals surface area contributed by atoms with Gasteiger partial charge in [0.1, 0.15) is 11.9 Å². The fraction of sp³-hybridized carbons (Fsp3) is 0.471. The average Bonchev–Trinajstić information content (AvgIpc) is 2.62. The van der Waals surface area contributed by atoms with Gasteiger partial charge in [-0.15, -0.1) is 0 Å². The summed E-state index contributed by atoms with van der Waals surface area (Å²) >= 11 is 0. The highest BCUT2D eigenvalue weighted by molar-refractivity contribution is 5.28. The quantitative estimate of drug-likeness (QED) is 0.865. The molecule has 1 aromatic carbocycles. The molecule has 1 aliphatic heterocycles. The van der Waals surface area contributed by atoms with E-state index >= 15 is 0 Å². The van der Waals surface area contributed by atoms with Gasteiger partial charge in [-0.1, -0.05) is 12.1 Å². The summed E-state index contributed by atoms with van der Waals surface area (Å²) in [6.45, 7) is 9.26. The first-order valence-electron chi connectivity index (χ1n) is 7.47. The van der Waals surface area contributed by atoms with Crippen molar-refractivity contribution in [1.29, 1.82) is 0 Å². The van der Waals surface area contributed by atoms with Gasteiger partial charge < -0.3 is 4.74 Å². The Hall–Kier alpha value is -1.81. The van der Waals surface area contributed by atoms with Crippen molar-refractivity contribution in [2.75, 3.05) is 13.1 Å². The highest BCUT2D eigenvalue weighted by Gasteiger charge is 2.29. The number of ether oxygens (including phenoxy) is 1. The van der Waals surface area contributed by atoms with Gasteiger partial charge in [-0.3, -0.25) is 9.58 Å². The van der Waals surface area contributed by atoms with Crippen LogP contribution in [0.25, 0.3) is 0 Å². The highest BCUT2D eigenvalue weighted by Crippen LogP contribution is 2.22. The Morgan fingerprint density at radius 3 is 2.62 bits per heavy atom. The smallest absolute Gasteiger partial charge is 0.124 e. The fourth-order valence-electron chi connectivity index (χ4n) is 2.88. The topological polar surface area (TPSA) is 30.3 Å². The predicted molar refractivity (Wildman–Crippen MR) is 83.6 cm³/mol. The first-order valence-corrected chi connectivity index (χ1v) is 7.47. The molecule has 0 saturated carbocycles. The lowest BCUT2D eigenvalue weighted by atomic mass is 10.1. The number of hydrogen-bond donors (Lipinski definition) is 0. The summed E-state index contributed by atoms with van der Waals surface area (Å²) < 4.78 is 7.97. The Morgan fingerprint density at radius 1 is 1.24 bits per heavy atom. The number of aromatic nitrogens is 2. The second-order valence-electron chi connectivity index (χ2n) is 6.02. The molecular formula is C17H23N3O. The van der Waals surface area contributed by atoms with E-state index < -0.39 is 0 Å². The van der Waals surface area contributed by atoms with Crippen LogP contribution < -0.4 is 4.74 Å². The zero-order chi connectivity index (χ0) is 15.0. The van der Waals surface area contributed by atoms with Crippen LogP contribution in [0.3, 0.4) is 0 Å². The van der Waals surface area contributed by atoms with Crippen LogP contribution in [0.5, 0.6) is 5.75 Å². The summed E-state index contributed by atoms with van der Waals surface area (Å²) in [6.07, 6.45) is 0.309. The summed E-state index contributed by atoms with van der Waals surface area (Å²) in [6, 6.07) is 8.26. The van der Waals surface area contributed by atoms with Crippen LogP contribution in [-0.4, -0.2) is 33.9 Å². The minimum atomic E-state index is 0.309. The van der Waals surface area contributed by atoms with E-state index in [0.29, 0.717) is 6.10 Å². The van der Waals surface area contributed by atoms with Gasteiger partial charge in [0.15, 0.2) is 0 Å². The van der Waals surface area contributed by atoms with Crippen molar-refractivity contribution >= 4 is 0 Å². The van der Waals surface area contributed by atoms with E-state index in [1.807, 2.05) is 23.9 Å². The van der Waals surface area contributed by atoms with Crippen molar-refractivity contribution in [2.24, 2.45) is 7.05 Å². The largest absolute Gasteiger partial charge is 0.488 e. The van der Waals surface area contributed by atoms with Crippen LogP contribution in [0.4, 0.5) is 0 Å². The van der Waals surface area contributed by atoms with E-state index in [0.717, 1.165) is 31.1 Å². The summed E-state index contributed by atoms with van der Waals surface area (Å²) in [5.74, 6) is 0.980. The van der Waals surface area contributed by atoms with Crippen LogP contribution >= 0.6 is 0 Å². The molecule has 1 aliphatic rings. The predicted octanol–water partition coefficient (Wildman–Crippen LogP) is 2.61. The van der Waals surface area contributed by atoms with Gasteiger partial charge in [-0.05, 0) is 38.5 Å². The molecule has 4 nitrogen and oxygen atoms in total. The maximum atomic E-state index is 6.00. The molecule has 0 spiro atoms. The molecule has 2 aromatic rings. The molecule has 0 N–H and O–H groups in total. The van der Waals surface area contributed by atoms with E-state index in [9.17, 15) is 0 Å². The SMILES string of the molecule is Cc1cccc(OC2CN(Cc3c(C)nn(C)c3C)C2)c1. The first-order chi connectivity index (χ1) is 10.0. The Labute approximate surface area is 126 Å². The number of rotatable bonds is 4. The molecule has 0 atom stereocenters. The van der Waals surface area contributed by atoms with E-state index in [-0.39, 0.29) is 0 Å². The third-order valence-corrected chi connectivity index (χ3v) is 4.26. The number of nitrogens with zero attached hydrogens (tertiary/aromatic N) is 3. The van der Waals surface area contributed by atoms with Gasteiger partial charge in [0.25, 0.3) is 0 Å². The molecule has 112 valence electrons. The summed E-state index contributed by atoms with van der Waals surface area (Å²) in [7, 11) is 2.01. The molecule has 21 heavy (non-hydrogen) atoms. The molecule has 1 saturated heterocycles. The second-order valence-corrected chi connectivity index (χ2v) is 6.02. The van der Waals surface area contributed by atoms with Crippen LogP contribution in [0.1, 0.15) is 22.5 Å². The second kappa shape index (κ2) is 5.53. The fourth-order valence-corrected chi connectivity index (χ4v) is 2.88. The van der Waals surface area contributed by atoms with Crippen molar-refractivity contribution < 1.29 is 4.74 Å². The summed E-state index contributed by atoms with van der Waals surface area (Å²) in [5.41, 5.74) is 4.99. The number of hydrogen-bond acceptors (Lipinski definition) is 3. The van der Waals surface area contributed by atoms with Crippen LogP contribution in [0, 0.1) is 20.8 Å². The molecule has 0 radical (unpaired) electrons. The maximum Gasteiger partial charge on any atom is 0.124 e. The molecule has 0 unspecified atom stereocenters. The Balaban J connectivity index is 1.54. The molecule has 1 fully saturated rings. The van der Waals surface area contributed by atoms with Crippen LogP contribution in [0.2, 0.25) is 0 Å². The number of aryl methyl sites for hydroxylation is 3. The van der Waals surface area contributed by atoms with Gasteiger partial charge in [0, 0.05) is 37.9 Å². The third-order valence-electron chi connectivity index (χ3n) is 4.26. The van der Waals surface area contributed by atoms with Gasteiger partial charge in [-0.25, -0.2) is 0 Å². The maximum absolute atomic E-state index is 6.00. The lowest BCUT2D eigenvalue weighted by molar-refractivity contribution is 0.0143. The van der Waals surface area contributed by atoms with Gasteiger partial charge in [-0.2, -0.15) is 5.10 Å². The normalized spacial score (nSPS) is 16.0. The van der Waals surface area contributed by atoms with Crippen molar-refractivity contribution in [3.05, 3.63) is 46.8 Å². The Bertz CT molecular complexity index is 641. The molecule has 4 heteroatoms.